The molecule has 0 bridgehead atoms. The predicted octanol–water partition coefficient (Wildman–Crippen LogP) is 2.10. The minimum atomic E-state index is -1.08. The summed E-state index contributed by atoms with van der Waals surface area (Å²) >= 11 is 0. The Labute approximate surface area is 103 Å². The number of nitrogen functional groups attached to an aromatic ring is 1. The first kappa shape index (κ1) is 12.0. The van der Waals surface area contributed by atoms with Gasteiger partial charge in [-0.1, -0.05) is 0 Å². The maximum atomic E-state index is 11.0. The zero-order valence-corrected chi connectivity index (χ0v) is 10.0. The lowest BCUT2D eigenvalue weighted by Crippen LogP contribution is -2.04. The highest BCUT2D eigenvalue weighted by Crippen LogP contribution is 2.27. The number of nitrogens with one attached hydrogen (secondary N) is 1. The van der Waals surface area contributed by atoms with Gasteiger partial charge in [-0.25, -0.2) is 4.79 Å². The van der Waals surface area contributed by atoms with Crippen molar-refractivity contribution in [2.75, 3.05) is 5.73 Å². The number of carboxylic acids is 1. The van der Waals surface area contributed by atoms with Crippen LogP contribution in [0.3, 0.4) is 0 Å². The van der Waals surface area contributed by atoms with Crippen LogP contribution in [0.2, 0.25) is 0 Å². The third kappa shape index (κ3) is 2.27. The molecule has 0 aliphatic rings. The number of aromatic amines is 1. The largest absolute Gasteiger partial charge is 0.478 e. The molecule has 94 valence electrons. The highest BCUT2D eigenvalue weighted by molar-refractivity contribution is 5.95. The number of rotatable bonds is 3. The summed E-state index contributed by atoms with van der Waals surface area (Å²) < 4.78 is 5.46. The van der Waals surface area contributed by atoms with E-state index in [-0.39, 0.29) is 11.3 Å². The molecule has 6 nitrogen and oxygen atoms in total. The van der Waals surface area contributed by atoms with Crippen LogP contribution in [-0.2, 0) is 0 Å². The number of nitrogens with zero attached hydrogens (tertiary/aromatic N) is 1. The third-order valence-electron chi connectivity index (χ3n) is 2.50. The van der Waals surface area contributed by atoms with Gasteiger partial charge in [-0.05, 0) is 31.5 Å². The number of carboxylic acid groups (broad SMARTS) is 1. The van der Waals surface area contributed by atoms with Crippen molar-refractivity contribution in [3.8, 4) is 11.6 Å². The van der Waals surface area contributed by atoms with E-state index in [2.05, 4.69) is 10.2 Å². The molecule has 0 atom stereocenters. The predicted molar refractivity (Wildman–Crippen MR) is 65.9 cm³/mol. The van der Waals surface area contributed by atoms with E-state index in [4.69, 9.17) is 15.6 Å². The number of aromatic nitrogens is 2. The first-order valence-corrected chi connectivity index (χ1v) is 5.30. The van der Waals surface area contributed by atoms with Crippen molar-refractivity contribution in [1.82, 2.24) is 10.2 Å². The molecule has 0 fully saturated rings. The number of carbonyl (C=O) groups is 1. The van der Waals surface area contributed by atoms with Gasteiger partial charge in [-0.3, -0.25) is 5.10 Å². The lowest BCUT2D eigenvalue weighted by Gasteiger charge is -2.08. The van der Waals surface area contributed by atoms with Crippen molar-refractivity contribution >= 4 is 11.7 Å². The van der Waals surface area contributed by atoms with E-state index in [0.717, 1.165) is 5.69 Å². The van der Waals surface area contributed by atoms with Crippen LogP contribution in [0, 0.1) is 13.8 Å². The van der Waals surface area contributed by atoms with Crippen LogP contribution >= 0.6 is 0 Å². The molecule has 0 aliphatic heterocycles. The average molecular weight is 247 g/mol. The molecule has 2 aromatic rings. The molecule has 1 heterocycles. The molecule has 0 saturated carbocycles. The number of hydrogen-bond donors (Lipinski definition) is 3. The number of aromatic carboxylic acids is 1. The van der Waals surface area contributed by atoms with Gasteiger partial charge in [0.15, 0.2) is 0 Å². The Hall–Kier alpha value is -2.50. The van der Waals surface area contributed by atoms with Crippen LogP contribution < -0.4 is 10.5 Å². The lowest BCUT2D eigenvalue weighted by molar-refractivity contribution is 0.0697. The monoisotopic (exact) mass is 247 g/mol. The Balaban J connectivity index is 2.37. The van der Waals surface area contributed by atoms with Gasteiger partial charge >= 0.3 is 5.97 Å². The summed E-state index contributed by atoms with van der Waals surface area (Å²) in [6, 6.07) is 4.77. The van der Waals surface area contributed by atoms with Crippen molar-refractivity contribution in [3.05, 3.63) is 35.0 Å². The molecule has 6 heteroatoms. The number of anilines is 1. The fraction of sp³-hybridized carbons (Fsp3) is 0.167. The Kier molecular flexibility index (Phi) is 2.93. The molecule has 0 saturated heterocycles. The van der Waals surface area contributed by atoms with Crippen LogP contribution in [-0.4, -0.2) is 21.3 Å². The number of H-pyrrole nitrogens is 1. The van der Waals surface area contributed by atoms with Crippen molar-refractivity contribution in [2.24, 2.45) is 0 Å². The van der Waals surface area contributed by atoms with E-state index in [9.17, 15) is 4.79 Å². The van der Waals surface area contributed by atoms with Crippen molar-refractivity contribution in [3.63, 3.8) is 0 Å². The number of aryl methyl sites for hydroxylation is 2. The lowest BCUT2D eigenvalue weighted by atomic mass is 10.1. The summed E-state index contributed by atoms with van der Waals surface area (Å²) in [5, 5.41) is 15.7. The minimum absolute atomic E-state index is 0.0252. The van der Waals surface area contributed by atoms with Gasteiger partial charge in [0.25, 0.3) is 0 Å². The van der Waals surface area contributed by atoms with Crippen molar-refractivity contribution in [2.45, 2.75) is 13.8 Å². The fourth-order valence-electron chi connectivity index (χ4n) is 1.57. The molecule has 0 amide bonds. The normalized spacial score (nSPS) is 10.3. The Morgan fingerprint density at radius 3 is 2.67 bits per heavy atom. The molecule has 0 unspecified atom stereocenters. The molecule has 18 heavy (non-hydrogen) atoms. The average Bonchev–Trinajstić information content (AvgIpc) is 2.68. The van der Waals surface area contributed by atoms with Gasteiger partial charge in [0, 0.05) is 17.4 Å². The molecule has 0 spiro atoms. The molecule has 0 radical (unpaired) electrons. The first-order chi connectivity index (χ1) is 8.47. The zero-order chi connectivity index (χ0) is 13.3. The summed E-state index contributed by atoms with van der Waals surface area (Å²) in [5.41, 5.74) is 7.47. The third-order valence-corrected chi connectivity index (χ3v) is 2.50. The van der Waals surface area contributed by atoms with Gasteiger partial charge in [0.1, 0.15) is 5.75 Å². The number of benzene rings is 1. The second kappa shape index (κ2) is 4.40. The molecule has 1 aromatic heterocycles. The van der Waals surface area contributed by atoms with Crippen molar-refractivity contribution in [1.29, 1.82) is 0 Å². The summed E-state index contributed by atoms with van der Waals surface area (Å²) in [4.78, 5) is 11.0. The Bertz CT molecular complexity index is 605. The highest BCUT2D eigenvalue weighted by Gasteiger charge is 2.13. The second-order valence-corrected chi connectivity index (χ2v) is 4.00. The minimum Gasteiger partial charge on any atom is -0.478 e. The van der Waals surface area contributed by atoms with Crippen LogP contribution in [0.5, 0.6) is 11.6 Å². The van der Waals surface area contributed by atoms with Crippen molar-refractivity contribution < 1.29 is 14.6 Å². The van der Waals surface area contributed by atoms with Crippen LogP contribution in [0.15, 0.2) is 18.2 Å². The van der Waals surface area contributed by atoms with E-state index in [1.807, 2.05) is 6.92 Å². The molecule has 4 N–H and O–H groups in total. The SMILES string of the molecule is Cc1cc(Oc2cc(C)c(N)c(C(=O)O)c2)n[nH]1. The molecular formula is C12H13N3O3. The maximum absolute atomic E-state index is 11.0. The van der Waals surface area contributed by atoms with Gasteiger partial charge in [0.05, 0.1) is 5.56 Å². The molecular weight excluding hydrogens is 234 g/mol. The summed E-state index contributed by atoms with van der Waals surface area (Å²) in [7, 11) is 0. The highest BCUT2D eigenvalue weighted by atomic mass is 16.5. The van der Waals surface area contributed by atoms with Crippen LogP contribution in [0.25, 0.3) is 0 Å². The van der Waals surface area contributed by atoms with Crippen LogP contribution in [0.4, 0.5) is 5.69 Å². The van der Waals surface area contributed by atoms with Crippen LogP contribution in [0.1, 0.15) is 21.6 Å². The summed E-state index contributed by atoms with van der Waals surface area (Å²) in [5.74, 6) is -0.308. The quantitative estimate of drug-likeness (QED) is 0.721. The maximum Gasteiger partial charge on any atom is 0.337 e. The Morgan fingerprint density at radius 1 is 1.39 bits per heavy atom. The zero-order valence-electron chi connectivity index (χ0n) is 10.0. The summed E-state index contributed by atoms with van der Waals surface area (Å²) in [6.07, 6.45) is 0. The first-order valence-electron chi connectivity index (χ1n) is 5.30. The number of nitrogens with two attached hydrogens (primary N) is 1. The molecule has 1 aromatic carbocycles. The number of ether oxygens (including phenoxy) is 1. The van der Waals surface area contributed by atoms with E-state index < -0.39 is 5.97 Å². The number of hydrogen-bond acceptors (Lipinski definition) is 4. The molecule has 2 rings (SSSR count). The smallest absolute Gasteiger partial charge is 0.337 e. The van der Waals surface area contributed by atoms with Gasteiger partial charge in [-0.2, -0.15) is 0 Å². The second-order valence-electron chi connectivity index (χ2n) is 4.00. The van der Waals surface area contributed by atoms with Gasteiger partial charge in [0.2, 0.25) is 5.88 Å². The topological polar surface area (TPSA) is 101 Å². The van der Waals surface area contributed by atoms with E-state index in [1.54, 1.807) is 19.1 Å². The fourth-order valence-corrected chi connectivity index (χ4v) is 1.57. The Morgan fingerprint density at radius 2 is 2.11 bits per heavy atom. The van der Waals surface area contributed by atoms with Gasteiger partial charge < -0.3 is 15.6 Å². The standard InChI is InChI=1S/C12H13N3O3/c1-6-3-8(5-9(11(6)13)12(16)17)18-10-4-7(2)14-15-10/h3-5H,13H2,1-2H3,(H,14,15)(H,16,17). The van der Waals surface area contributed by atoms with E-state index in [0.29, 0.717) is 17.2 Å². The van der Waals surface area contributed by atoms with E-state index >= 15 is 0 Å². The summed E-state index contributed by atoms with van der Waals surface area (Å²) in [6.45, 7) is 3.57. The molecule has 0 aliphatic carbocycles. The van der Waals surface area contributed by atoms with E-state index in [1.165, 1.54) is 6.07 Å². The van der Waals surface area contributed by atoms with Gasteiger partial charge in [-0.15, -0.1) is 5.10 Å².